The highest BCUT2D eigenvalue weighted by Gasteiger charge is 2.02. The van der Waals surface area contributed by atoms with Gasteiger partial charge in [-0.15, -0.1) is 11.3 Å². The van der Waals surface area contributed by atoms with Gasteiger partial charge < -0.3 is 9.94 Å². The van der Waals surface area contributed by atoms with Gasteiger partial charge in [0.2, 0.25) is 0 Å². The zero-order chi connectivity index (χ0) is 15.8. The fraction of sp³-hybridized carbons (Fsp3) is 0.133. The Bertz CT molecular complexity index is 681. The zero-order valence-corrected chi connectivity index (χ0v) is 12.7. The number of amides is 1. The number of nitrogens with zero attached hydrogens (tertiary/aromatic N) is 2. The Balaban J connectivity index is 1.77. The van der Waals surface area contributed by atoms with Gasteiger partial charge >= 0.3 is 0 Å². The summed E-state index contributed by atoms with van der Waals surface area (Å²) in [5.74, 6) is -0.345. The van der Waals surface area contributed by atoms with Crippen LogP contribution in [0, 0.1) is 0 Å². The Morgan fingerprint density at radius 1 is 1.36 bits per heavy atom. The van der Waals surface area contributed by atoms with Crippen LogP contribution in [0.5, 0.6) is 5.75 Å². The molecule has 1 heterocycles. The molecule has 0 saturated heterocycles. The molecule has 2 rings (SSSR count). The van der Waals surface area contributed by atoms with Crippen LogP contribution in [0.3, 0.4) is 0 Å². The summed E-state index contributed by atoms with van der Waals surface area (Å²) in [6, 6.07) is 10.5. The minimum atomic E-state index is -0.436. The molecule has 6 nitrogen and oxygen atoms in total. The van der Waals surface area contributed by atoms with E-state index in [-0.39, 0.29) is 12.4 Å². The van der Waals surface area contributed by atoms with Crippen LogP contribution in [0.15, 0.2) is 52.0 Å². The van der Waals surface area contributed by atoms with Crippen LogP contribution in [0.2, 0.25) is 0 Å². The fourth-order valence-electron chi connectivity index (χ4n) is 1.52. The van der Waals surface area contributed by atoms with Crippen LogP contribution in [-0.4, -0.2) is 29.5 Å². The molecule has 2 aromatic rings. The van der Waals surface area contributed by atoms with E-state index in [1.165, 1.54) is 12.3 Å². The molecule has 0 aliphatic heterocycles. The maximum absolute atomic E-state index is 11.5. The quantitative estimate of drug-likeness (QED) is 0.633. The second-order valence-electron chi connectivity index (χ2n) is 4.28. The molecule has 0 bridgehead atoms. The smallest absolute Gasteiger partial charge is 0.280 e. The van der Waals surface area contributed by atoms with E-state index in [2.05, 4.69) is 15.7 Å². The molecule has 0 fully saturated rings. The van der Waals surface area contributed by atoms with Crippen molar-refractivity contribution in [3.05, 3.63) is 52.2 Å². The first kappa shape index (κ1) is 15.7. The molecule has 22 heavy (non-hydrogen) atoms. The molecular formula is C15H15N3O3S. The van der Waals surface area contributed by atoms with Gasteiger partial charge in [-0.25, -0.2) is 5.43 Å². The topological polar surface area (TPSA) is 83.3 Å². The number of para-hydroxylation sites is 1. The Kier molecular flexibility index (Phi) is 5.67. The molecule has 0 saturated carbocycles. The predicted octanol–water partition coefficient (Wildman–Crippen LogP) is 2.34. The summed E-state index contributed by atoms with van der Waals surface area (Å²) >= 11 is 1.54. The lowest BCUT2D eigenvalue weighted by Crippen LogP contribution is -2.22. The highest BCUT2D eigenvalue weighted by molar-refractivity contribution is 7.12. The molecule has 7 heteroatoms. The van der Waals surface area contributed by atoms with Crippen LogP contribution in [0.4, 0.5) is 0 Å². The van der Waals surface area contributed by atoms with E-state index in [1.807, 2.05) is 17.5 Å². The summed E-state index contributed by atoms with van der Waals surface area (Å²) in [5, 5.41) is 19.1. The third-order valence-electron chi connectivity index (χ3n) is 2.60. The molecule has 1 aromatic heterocycles. The van der Waals surface area contributed by atoms with E-state index in [0.29, 0.717) is 11.3 Å². The minimum Gasteiger partial charge on any atom is -0.507 e. The summed E-state index contributed by atoms with van der Waals surface area (Å²) in [6.07, 6.45) is 1.35. The van der Waals surface area contributed by atoms with Gasteiger partial charge in [0.15, 0.2) is 6.61 Å². The number of nitrogens with one attached hydrogen (secondary N) is 1. The van der Waals surface area contributed by atoms with Crippen molar-refractivity contribution in [2.45, 2.75) is 6.92 Å². The molecule has 0 aliphatic carbocycles. The van der Waals surface area contributed by atoms with Crippen molar-refractivity contribution in [3.63, 3.8) is 0 Å². The Morgan fingerprint density at radius 3 is 2.91 bits per heavy atom. The molecule has 1 amide bonds. The SMILES string of the molecule is C/C(=N/OCC(=O)N/N=C/c1ccccc1O)c1cccs1. The molecule has 0 radical (unpaired) electrons. The number of carbonyl (C=O) groups is 1. The Labute approximate surface area is 131 Å². The second-order valence-corrected chi connectivity index (χ2v) is 5.23. The number of benzene rings is 1. The number of hydrogen-bond donors (Lipinski definition) is 2. The first-order valence-corrected chi connectivity index (χ1v) is 7.35. The van der Waals surface area contributed by atoms with Crippen molar-refractivity contribution in [3.8, 4) is 5.75 Å². The number of hydrazone groups is 1. The standard InChI is InChI=1S/C15H15N3O3S/c1-11(14-7-4-8-22-14)18-21-10-15(20)17-16-9-12-5-2-3-6-13(12)19/h2-9,19H,10H2,1H3,(H,17,20)/b16-9+,18-11-. The normalized spacial score (nSPS) is 11.6. The molecular weight excluding hydrogens is 302 g/mol. The number of rotatable bonds is 6. The number of aromatic hydroxyl groups is 1. The van der Waals surface area contributed by atoms with Crippen molar-refractivity contribution in [1.29, 1.82) is 0 Å². The lowest BCUT2D eigenvalue weighted by atomic mass is 10.2. The van der Waals surface area contributed by atoms with E-state index < -0.39 is 5.91 Å². The van der Waals surface area contributed by atoms with Crippen LogP contribution in [0.1, 0.15) is 17.4 Å². The van der Waals surface area contributed by atoms with Crippen molar-refractivity contribution < 1.29 is 14.7 Å². The fourth-order valence-corrected chi connectivity index (χ4v) is 2.19. The summed E-state index contributed by atoms with van der Waals surface area (Å²) in [4.78, 5) is 17.5. The second kappa shape index (κ2) is 7.94. The number of phenols is 1. The monoisotopic (exact) mass is 317 g/mol. The van der Waals surface area contributed by atoms with E-state index in [1.54, 1.807) is 36.5 Å². The highest BCUT2D eigenvalue weighted by atomic mass is 32.1. The zero-order valence-electron chi connectivity index (χ0n) is 11.9. The van der Waals surface area contributed by atoms with Gasteiger partial charge in [0, 0.05) is 5.56 Å². The van der Waals surface area contributed by atoms with Gasteiger partial charge in [-0.3, -0.25) is 4.79 Å². The van der Waals surface area contributed by atoms with E-state index in [9.17, 15) is 9.90 Å². The first-order valence-electron chi connectivity index (χ1n) is 6.47. The number of hydrogen-bond acceptors (Lipinski definition) is 6. The molecule has 0 atom stereocenters. The number of phenolic OH excluding ortho intramolecular Hbond substituents is 1. The van der Waals surface area contributed by atoms with Crippen molar-refractivity contribution in [1.82, 2.24) is 5.43 Å². The average Bonchev–Trinajstić information content (AvgIpc) is 3.03. The van der Waals surface area contributed by atoms with E-state index >= 15 is 0 Å². The molecule has 2 N–H and O–H groups in total. The first-order chi connectivity index (χ1) is 10.7. The molecule has 0 aliphatic rings. The highest BCUT2D eigenvalue weighted by Crippen LogP contribution is 2.12. The van der Waals surface area contributed by atoms with Crippen LogP contribution in [0.25, 0.3) is 0 Å². The van der Waals surface area contributed by atoms with Crippen LogP contribution < -0.4 is 5.43 Å². The Morgan fingerprint density at radius 2 is 2.18 bits per heavy atom. The lowest BCUT2D eigenvalue weighted by molar-refractivity contribution is -0.125. The van der Waals surface area contributed by atoms with E-state index in [0.717, 1.165) is 4.88 Å². The number of thiophene rings is 1. The van der Waals surface area contributed by atoms with Gasteiger partial charge in [-0.05, 0) is 30.5 Å². The third-order valence-corrected chi connectivity index (χ3v) is 3.58. The lowest BCUT2D eigenvalue weighted by Gasteiger charge is -2.00. The van der Waals surface area contributed by atoms with Gasteiger partial charge in [0.25, 0.3) is 5.91 Å². The van der Waals surface area contributed by atoms with Gasteiger partial charge in [-0.1, -0.05) is 23.4 Å². The van der Waals surface area contributed by atoms with Gasteiger partial charge in [0.05, 0.1) is 16.8 Å². The van der Waals surface area contributed by atoms with Crippen LogP contribution in [-0.2, 0) is 9.63 Å². The van der Waals surface area contributed by atoms with Gasteiger partial charge in [-0.2, -0.15) is 5.10 Å². The largest absolute Gasteiger partial charge is 0.507 e. The molecule has 0 unspecified atom stereocenters. The Hall–Kier alpha value is -2.67. The van der Waals surface area contributed by atoms with Gasteiger partial charge in [0.1, 0.15) is 5.75 Å². The minimum absolute atomic E-state index is 0.0907. The molecule has 114 valence electrons. The number of carbonyl (C=O) groups excluding carboxylic acids is 1. The summed E-state index contributed by atoms with van der Waals surface area (Å²) in [5.41, 5.74) is 3.51. The summed E-state index contributed by atoms with van der Waals surface area (Å²) < 4.78 is 0. The van der Waals surface area contributed by atoms with Crippen molar-refractivity contribution in [2.24, 2.45) is 10.3 Å². The number of oxime groups is 1. The van der Waals surface area contributed by atoms with E-state index in [4.69, 9.17) is 4.84 Å². The maximum Gasteiger partial charge on any atom is 0.280 e. The summed E-state index contributed by atoms with van der Waals surface area (Å²) in [7, 11) is 0. The van der Waals surface area contributed by atoms with Crippen molar-refractivity contribution >= 4 is 29.2 Å². The van der Waals surface area contributed by atoms with Crippen LogP contribution >= 0.6 is 11.3 Å². The predicted molar refractivity (Wildman–Crippen MR) is 86.3 cm³/mol. The molecule has 1 aromatic carbocycles. The average molecular weight is 317 g/mol. The summed E-state index contributed by atoms with van der Waals surface area (Å²) in [6.45, 7) is 1.57. The van der Waals surface area contributed by atoms with Crippen molar-refractivity contribution in [2.75, 3.05) is 6.61 Å². The third kappa shape index (κ3) is 4.71. The molecule has 0 spiro atoms. The maximum atomic E-state index is 11.5.